The summed E-state index contributed by atoms with van der Waals surface area (Å²) in [5.74, 6) is -1.82. The molecule has 0 aliphatic carbocycles. The van der Waals surface area contributed by atoms with Crippen LogP contribution in [0, 0.1) is 5.82 Å². The summed E-state index contributed by atoms with van der Waals surface area (Å²) >= 11 is 0. The molecule has 0 saturated heterocycles. The number of ether oxygens (including phenoxy) is 1. The van der Waals surface area contributed by atoms with E-state index in [-0.39, 0.29) is 16.1 Å². The van der Waals surface area contributed by atoms with Crippen molar-refractivity contribution in [3.63, 3.8) is 0 Å². The number of halogens is 1. The largest absolute Gasteiger partial charge is 0.452 e. The zero-order chi connectivity index (χ0) is 22.3. The number of esters is 1. The Bertz CT molecular complexity index is 1040. The summed E-state index contributed by atoms with van der Waals surface area (Å²) in [5.41, 5.74) is 0.713. The number of nitrogens with zero attached hydrogens (tertiary/aromatic N) is 1. The van der Waals surface area contributed by atoms with Gasteiger partial charge in [-0.05, 0) is 50.2 Å². The van der Waals surface area contributed by atoms with Crippen LogP contribution in [0.5, 0.6) is 0 Å². The van der Waals surface area contributed by atoms with Crippen molar-refractivity contribution in [2.24, 2.45) is 0 Å². The lowest BCUT2D eigenvalue weighted by Gasteiger charge is -2.20. The highest BCUT2D eigenvalue weighted by atomic mass is 32.2. The van der Waals surface area contributed by atoms with E-state index in [1.165, 1.54) is 29.2 Å². The first-order valence-corrected chi connectivity index (χ1v) is 10.6. The van der Waals surface area contributed by atoms with Gasteiger partial charge in [-0.25, -0.2) is 17.6 Å². The van der Waals surface area contributed by atoms with Gasteiger partial charge in [0.25, 0.3) is 15.9 Å². The molecule has 1 amide bonds. The van der Waals surface area contributed by atoms with Crippen molar-refractivity contribution < 1.29 is 27.1 Å². The molecule has 30 heavy (non-hydrogen) atoms. The van der Waals surface area contributed by atoms with E-state index in [2.05, 4.69) is 11.3 Å². The van der Waals surface area contributed by atoms with E-state index >= 15 is 0 Å². The van der Waals surface area contributed by atoms with Gasteiger partial charge in [0.2, 0.25) is 0 Å². The van der Waals surface area contributed by atoms with Crippen LogP contribution in [0.15, 0.2) is 65.6 Å². The van der Waals surface area contributed by atoms with Crippen LogP contribution in [0.25, 0.3) is 0 Å². The van der Waals surface area contributed by atoms with E-state index in [1.54, 1.807) is 13.8 Å². The fourth-order valence-corrected chi connectivity index (χ4v) is 3.65. The Kier molecular flexibility index (Phi) is 7.71. The first-order chi connectivity index (χ1) is 14.1. The van der Waals surface area contributed by atoms with Crippen LogP contribution >= 0.6 is 0 Å². The Morgan fingerprint density at radius 2 is 1.77 bits per heavy atom. The number of hydrogen-bond acceptors (Lipinski definition) is 5. The predicted octanol–water partition coefficient (Wildman–Crippen LogP) is 3.21. The Balaban J connectivity index is 2.14. The van der Waals surface area contributed by atoms with E-state index in [4.69, 9.17) is 4.74 Å². The molecule has 0 spiro atoms. The average Bonchev–Trinajstić information content (AvgIpc) is 2.70. The van der Waals surface area contributed by atoms with Crippen molar-refractivity contribution in [1.82, 2.24) is 4.90 Å². The van der Waals surface area contributed by atoms with Crippen molar-refractivity contribution in [2.75, 3.05) is 24.4 Å². The molecule has 160 valence electrons. The predicted molar refractivity (Wildman–Crippen MR) is 111 cm³/mol. The quantitative estimate of drug-likeness (QED) is 0.483. The van der Waals surface area contributed by atoms with Crippen LogP contribution in [-0.4, -0.2) is 44.9 Å². The third kappa shape index (κ3) is 6.15. The molecular weight excluding hydrogens is 411 g/mol. The molecule has 0 aromatic heterocycles. The van der Waals surface area contributed by atoms with Crippen molar-refractivity contribution >= 4 is 27.6 Å². The van der Waals surface area contributed by atoms with E-state index < -0.39 is 34.3 Å². The fraction of sp³-hybridized carbons (Fsp3) is 0.238. The molecule has 2 aromatic carbocycles. The number of amides is 1. The number of para-hydroxylation sites is 1. The first-order valence-electron chi connectivity index (χ1n) is 9.10. The molecule has 0 aliphatic rings. The second-order valence-corrected chi connectivity index (χ2v) is 8.23. The van der Waals surface area contributed by atoms with E-state index in [0.717, 1.165) is 29.8 Å². The molecule has 2 aromatic rings. The topological polar surface area (TPSA) is 92.8 Å². The standard InChI is InChI=1S/C21H23FN2O5S/c1-4-24(13-15(2)3)20(25)14-29-21(26)18-7-5-6-8-19(18)23-30(27,28)17-11-9-16(22)10-12-17/h5-12,23H,2,4,13-14H2,1,3H3. The normalized spacial score (nSPS) is 10.9. The highest BCUT2D eigenvalue weighted by molar-refractivity contribution is 7.92. The van der Waals surface area contributed by atoms with Crippen molar-refractivity contribution in [2.45, 2.75) is 18.7 Å². The molecule has 0 saturated carbocycles. The minimum atomic E-state index is -4.06. The summed E-state index contributed by atoms with van der Waals surface area (Å²) in [4.78, 5) is 26.0. The molecular formula is C21H23FN2O5S. The molecule has 7 nitrogen and oxygen atoms in total. The number of likely N-dealkylation sites (N-methyl/N-ethyl adjacent to an activating group) is 1. The van der Waals surface area contributed by atoms with Crippen molar-refractivity contribution in [3.8, 4) is 0 Å². The van der Waals surface area contributed by atoms with E-state index in [0.29, 0.717) is 13.1 Å². The van der Waals surface area contributed by atoms with Crippen molar-refractivity contribution in [1.29, 1.82) is 0 Å². The molecule has 0 atom stereocenters. The number of nitrogens with one attached hydrogen (secondary N) is 1. The number of hydrogen-bond donors (Lipinski definition) is 1. The second kappa shape index (κ2) is 10.0. The highest BCUT2D eigenvalue weighted by Gasteiger charge is 2.21. The Morgan fingerprint density at radius 1 is 1.13 bits per heavy atom. The van der Waals surface area contributed by atoms with E-state index in [9.17, 15) is 22.4 Å². The summed E-state index contributed by atoms with van der Waals surface area (Å²) in [6, 6.07) is 10.1. The fourth-order valence-electron chi connectivity index (χ4n) is 2.57. The zero-order valence-electron chi connectivity index (χ0n) is 16.7. The minimum Gasteiger partial charge on any atom is -0.452 e. The molecule has 0 aliphatic heterocycles. The Morgan fingerprint density at radius 3 is 2.37 bits per heavy atom. The van der Waals surface area contributed by atoms with Gasteiger partial charge in [0, 0.05) is 13.1 Å². The van der Waals surface area contributed by atoms with Gasteiger partial charge in [-0.3, -0.25) is 9.52 Å². The summed E-state index contributed by atoms with van der Waals surface area (Å²) < 4.78 is 45.5. The van der Waals surface area contributed by atoms with Crippen LogP contribution in [0.2, 0.25) is 0 Å². The van der Waals surface area contributed by atoms with Crippen LogP contribution in [0.1, 0.15) is 24.2 Å². The number of carbonyl (C=O) groups is 2. The minimum absolute atomic E-state index is 0.0199. The molecule has 2 rings (SSSR count). The summed E-state index contributed by atoms with van der Waals surface area (Å²) in [6.45, 7) is 7.62. The number of benzene rings is 2. The van der Waals surface area contributed by atoms with Gasteiger partial charge in [-0.1, -0.05) is 24.3 Å². The number of sulfonamides is 1. The maximum atomic E-state index is 13.1. The maximum absolute atomic E-state index is 13.1. The molecule has 9 heteroatoms. The molecule has 0 heterocycles. The maximum Gasteiger partial charge on any atom is 0.340 e. The van der Waals surface area contributed by atoms with Gasteiger partial charge < -0.3 is 9.64 Å². The summed E-state index contributed by atoms with van der Waals surface area (Å²) in [7, 11) is -4.06. The van der Waals surface area contributed by atoms with Crippen LogP contribution < -0.4 is 4.72 Å². The molecule has 0 fully saturated rings. The third-order valence-electron chi connectivity index (χ3n) is 4.04. The smallest absolute Gasteiger partial charge is 0.340 e. The lowest BCUT2D eigenvalue weighted by Crippen LogP contribution is -2.35. The Hall–Kier alpha value is -3.20. The Labute approximate surface area is 175 Å². The average molecular weight is 434 g/mol. The van der Waals surface area contributed by atoms with Crippen molar-refractivity contribution in [3.05, 3.63) is 72.1 Å². The van der Waals surface area contributed by atoms with Gasteiger partial charge >= 0.3 is 5.97 Å². The van der Waals surface area contributed by atoms with Gasteiger partial charge in [-0.2, -0.15) is 0 Å². The van der Waals surface area contributed by atoms with Gasteiger partial charge in [0.15, 0.2) is 6.61 Å². The van der Waals surface area contributed by atoms with Crippen LogP contribution in [0.3, 0.4) is 0 Å². The summed E-state index contributed by atoms with van der Waals surface area (Å²) in [5, 5.41) is 0. The zero-order valence-corrected chi connectivity index (χ0v) is 17.5. The first kappa shape index (κ1) is 23.1. The molecule has 1 N–H and O–H groups in total. The SMILES string of the molecule is C=C(C)CN(CC)C(=O)COC(=O)c1ccccc1NS(=O)(=O)c1ccc(F)cc1. The number of anilines is 1. The summed E-state index contributed by atoms with van der Waals surface area (Å²) in [6.07, 6.45) is 0. The van der Waals surface area contributed by atoms with Crippen LogP contribution in [-0.2, 0) is 19.6 Å². The van der Waals surface area contributed by atoms with E-state index in [1.807, 2.05) is 0 Å². The van der Waals surface area contributed by atoms with Gasteiger partial charge in [0.05, 0.1) is 16.1 Å². The monoisotopic (exact) mass is 434 g/mol. The molecule has 0 bridgehead atoms. The second-order valence-electron chi connectivity index (χ2n) is 6.55. The lowest BCUT2D eigenvalue weighted by molar-refractivity contribution is -0.133. The third-order valence-corrected chi connectivity index (χ3v) is 5.42. The molecule has 0 unspecified atom stereocenters. The van der Waals surface area contributed by atoms with Crippen LogP contribution in [0.4, 0.5) is 10.1 Å². The number of carbonyl (C=O) groups excluding carboxylic acids is 2. The number of rotatable bonds is 9. The molecule has 0 radical (unpaired) electrons. The van der Waals surface area contributed by atoms with Gasteiger partial charge in [0.1, 0.15) is 5.82 Å². The lowest BCUT2D eigenvalue weighted by atomic mass is 10.2. The highest BCUT2D eigenvalue weighted by Crippen LogP contribution is 2.21. The van der Waals surface area contributed by atoms with Gasteiger partial charge in [-0.15, -0.1) is 0 Å².